The Morgan fingerprint density at radius 1 is 1.38 bits per heavy atom. The third kappa shape index (κ3) is 3.80. The van der Waals surface area contributed by atoms with Crippen molar-refractivity contribution in [1.82, 2.24) is 0 Å². The van der Waals surface area contributed by atoms with Gasteiger partial charge in [-0.2, -0.15) is 0 Å². The highest BCUT2D eigenvalue weighted by Gasteiger charge is 2.27. The SMILES string of the molecule is FCC(Br)C(Br)(Br)Br. The molecule has 0 nitrogen and oxygen atoms in total. The fraction of sp³-hybridized carbons (Fsp3) is 1.00. The molecule has 8 heavy (non-hydrogen) atoms. The van der Waals surface area contributed by atoms with Gasteiger partial charge in [-0.15, -0.1) is 0 Å². The zero-order valence-corrected chi connectivity index (χ0v) is 10.0. The highest BCUT2D eigenvalue weighted by molar-refractivity contribution is 9.40. The molecule has 0 amide bonds. The highest BCUT2D eigenvalue weighted by Crippen LogP contribution is 2.40. The van der Waals surface area contributed by atoms with Gasteiger partial charge in [0.05, 0.1) is 4.83 Å². The van der Waals surface area contributed by atoms with Gasteiger partial charge in [0.25, 0.3) is 0 Å². The molecule has 0 heterocycles. The van der Waals surface area contributed by atoms with Gasteiger partial charge < -0.3 is 0 Å². The van der Waals surface area contributed by atoms with E-state index in [1.165, 1.54) is 0 Å². The molecule has 0 N–H and O–H groups in total. The summed E-state index contributed by atoms with van der Waals surface area (Å²) in [7, 11) is 0. The van der Waals surface area contributed by atoms with E-state index in [-0.39, 0.29) is 4.83 Å². The fourth-order valence-corrected chi connectivity index (χ4v) is 0.455. The molecule has 50 valence electrons. The van der Waals surface area contributed by atoms with Gasteiger partial charge in [0.2, 0.25) is 0 Å². The first-order valence-corrected chi connectivity index (χ1v) is 5.04. The Hall–Kier alpha value is 1.85. The van der Waals surface area contributed by atoms with E-state index in [4.69, 9.17) is 0 Å². The lowest BCUT2D eigenvalue weighted by atomic mass is 10.5. The molecule has 0 aromatic carbocycles. The maximum atomic E-state index is 11.7. The Kier molecular flexibility index (Phi) is 4.78. The van der Waals surface area contributed by atoms with E-state index >= 15 is 0 Å². The van der Waals surface area contributed by atoms with E-state index in [1.807, 2.05) is 0 Å². The van der Waals surface area contributed by atoms with E-state index in [1.54, 1.807) is 0 Å². The number of alkyl halides is 5. The first-order chi connectivity index (χ1) is 3.48. The Morgan fingerprint density at radius 3 is 1.75 bits per heavy atom. The van der Waals surface area contributed by atoms with Crippen LogP contribution in [0.5, 0.6) is 0 Å². The molecular formula is C3H3Br4F. The molecule has 0 aliphatic rings. The van der Waals surface area contributed by atoms with Crippen molar-refractivity contribution in [2.75, 3.05) is 6.67 Å². The van der Waals surface area contributed by atoms with Crippen LogP contribution < -0.4 is 0 Å². The number of hydrogen-bond donors (Lipinski definition) is 0. The maximum Gasteiger partial charge on any atom is 0.149 e. The highest BCUT2D eigenvalue weighted by atomic mass is 80.0. The van der Waals surface area contributed by atoms with Gasteiger partial charge in [-0.3, -0.25) is 0 Å². The normalized spacial score (nSPS) is 16.1. The van der Waals surface area contributed by atoms with Crippen molar-refractivity contribution in [1.29, 1.82) is 0 Å². The summed E-state index contributed by atoms with van der Waals surface area (Å²) in [6.07, 6.45) is 0. The summed E-state index contributed by atoms with van der Waals surface area (Å²) >= 11 is 12.5. The van der Waals surface area contributed by atoms with Gasteiger partial charge in [0.1, 0.15) is 8.82 Å². The molecule has 0 fully saturated rings. The van der Waals surface area contributed by atoms with Gasteiger partial charge in [0, 0.05) is 0 Å². The van der Waals surface area contributed by atoms with Crippen LogP contribution in [0.3, 0.4) is 0 Å². The lowest BCUT2D eigenvalue weighted by molar-refractivity contribution is 0.494. The summed E-state index contributed by atoms with van der Waals surface area (Å²) in [5.74, 6) is 0. The largest absolute Gasteiger partial charge is 0.250 e. The molecular weight excluding hydrogens is 375 g/mol. The van der Waals surface area contributed by atoms with E-state index < -0.39 is 8.82 Å². The molecule has 0 aromatic heterocycles. The van der Waals surface area contributed by atoms with Gasteiger partial charge in [-0.1, -0.05) is 63.7 Å². The van der Waals surface area contributed by atoms with Crippen LogP contribution >= 0.6 is 63.7 Å². The van der Waals surface area contributed by atoms with Crippen LogP contribution in [0.1, 0.15) is 0 Å². The molecule has 0 rings (SSSR count). The zero-order chi connectivity index (χ0) is 6.78. The third-order valence-electron chi connectivity index (χ3n) is 0.491. The van der Waals surface area contributed by atoms with E-state index in [0.29, 0.717) is 0 Å². The maximum absolute atomic E-state index is 11.7. The van der Waals surface area contributed by atoms with Crippen molar-refractivity contribution in [3.05, 3.63) is 0 Å². The van der Waals surface area contributed by atoms with Crippen LogP contribution in [0.4, 0.5) is 4.39 Å². The molecule has 0 saturated heterocycles. The summed E-state index contributed by atoms with van der Waals surface area (Å²) in [6.45, 7) is -0.429. The molecule has 0 bridgehead atoms. The smallest absolute Gasteiger partial charge is 0.149 e. The summed E-state index contributed by atoms with van der Waals surface area (Å²) < 4.78 is 11.2. The predicted octanol–water partition coefficient (Wildman–Crippen LogP) is 3.56. The summed E-state index contributed by atoms with van der Waals surface area (Å²) in [5, 5.41) is 0. The average molecular weight is 378 g/mol. The van der Waals surface area contributed by atoms with Crippen molar-refractivity contribution < 1.29 is 4.39 Å². The Balaban J connectivity index is 3.62. The Morgan fingerprint density at radius 2 is 1.75 bits per heavy atom. The first kappa shape index (κ1) is 9.85. The summed E-state index contributed by atoms with van der Waals surface area (Å²) in [6, 6.07) is 0. The van der Waals surface area contributed by atoms with E-state index in [2.05, 4.69) is 63.7 Å². The van der Waals surface area contributed by atoms with Crippen molar-refractivity contribution in [2.45, 2.75) is 6.97 Å². The second-order valence-corrected chi connectivity index (χ2v) is 9.21. The standard InChI is InChI=1S/C3H3Br4F/c4-2(1-8)3(5,6)7/h2H,1H2. The van der Waals surface area contributed by atoms with Crippen molar-refractivity contribution >= 4 is 63.7 Å². The third-order valence-corrected chi connectivity index (χ3v) is 4.92. The predicted molar refractivity (Wildman–Crippen MR) is 48.2 cm³/mol. The Bertz CT molecular complexity index is 68.2. The van der Waals surface area contributed by atoms with Crippen LogP contribution in [0.2, 0.25) is 0 Å². The molecule has 5 heteroatoms. The van der Waals surface area contributed by atoms with Gasteiger partial charge in [0.15, 0.2) is 0 Å². The lowest BCUT2D eigenvalue weighted by Gasteiger charge is -2.15. The molecule has 0 saturated carbocycles. The average Bonchev–Trinajstić information content (AvgIpc) is 1.62. The van der Waals surface area contributed by atoms with Crippen molar-refractivity contribution in [3.8, 4) is 0 Å². The van der Waals surface area contributed by atoms with Crippen LogP contribution in [-0.4, -0.2) is 13.6 Å². The van der Waals surface area contributed by atoms with Gasteiger partial charge in [-0.25, -0.2) is 4.39 Å². The number of hydrogen-bond acceptors (Lipinski definition) is 0. The zero-order valence-electron chi connectivity index (χ0n) is 3.67. The van der Waals surface area contributed by atoms with Crippen LogP contribution in [-0.2, 0) is 0 Å². The molecule has 0 radical (unpaired) electrons. The summed E-state index contributed by atoms with van der Waals surface area (Å²) in [5.41, 5.74) is 0. The van der Waals surface area contributed by atoms with Crippen LogP contribution in [0, 0.1) is 0 Å². The summed E-state index contributed by atoms with van der Waals surface area (Å²) in [4.78, 5) is -0.255. The van der Waals surface area contributed by atoms with Gasteiger partial charge in [-0.05, 0) is 0 Å². The Labute approximate surface area is 81.1 Å². The monoisotopic (exact) mass is 374 g/mol. The molecule has 0 aromatic rings. The second-order valence-electron chi connectivity index (χ2n) is 1.16. The molecule has 0 spiro atoms. The number of halogens is 5. The second kappa shape index (κ2) is 3.88. The van der Waals surface area contributed by atoms with Crippen LogP contribution in [0.15, 0.2) is 0 Å². The molecule has 1 atom stereocenters. The topological polar surface area (TPSA) is 0 Å². The minimum Gasteiger partial charge on any atom is -0.250 e. The minimum absolute atomic E-state index is 0.255. The van der Waals surface area contributed by atoms with Crippen LogP contribution in [0.25, 0.3) is 0 Å². The number of rotatable bonds is 1. The van der Waals surface area contributed by atoms with Crippen molar-refractivity contribution in [3.63, 3.8) is 0 Å². The quantitative estimate of drug-likeness (QED) is 0.613. The van der Waals surface area contributed by atoms with E-state index in [9.17, 15) is 4.39 Å². The lowest BCUT2D eigenvalue weighted by Crippen LogP contribution is -2.18. The molecule has 1 unspecified atom stereocenters. The van der Waals surface area contributed by atoms with Crippen molar-refractivity contribution in [2.24, 2.45) is 0 Å². The van der Waals surface area contributed by atoms with E-state index in [0.717, 1.165) is 0 Å². The first-order valence-electron chi connectivity index (χ1n) is 1.75. The van der Waals surface area contributed by atoms with Gasteiger partial charge >= 0.3 is 0 Å². The fourth-order valence-electron chi connectivity index (χ4n) is 0.0875. The minimum atomic E-state index is -0.512. The molecule has 0 aliphatic heterocycles. The molecule has 0 aliphatic carbocycles.